The predicted octanol–water partition coefficient (Wildman–Crippen LogP) is 3.09. The molecule has 2 rings (SSSR count). The van der Waals surface area contributed by atoms with Gasteiger partial charge in [0.2, 0.25) is 0 Å². The molecule has 0 aliphatic carbocycles. The standard InChI is InChI=1S/C13H12ClNO/c1-9-2-4-10(5-3-9)12-7-6-11(8-14)13(16)15-12/h2-7H,8H2,1H3,(H,15,16). The summed E-state index contributed by atoms with van der Waals surface area (Å²) in [5.41, 5.74) is 3.50. The molecule has 0 amide bonds. The van der Waals surface area contributed by atoms with E-state index >= 15 is 0 Å². The lowest BCUT2D eigenvalue weighted by atomic mass is 10.1. The number of H-pyrrole nitrogens is 1. The van der Waals surface area contributed by atoms with Crippen molar-refractivity contribution in [3.8, 4) is 11.3 Å². The van der Waals surface area contributed by atoms with Crippen molar-refractivity contribution in [3.63, 3.8) is 0 Å². The number of alkyl halides is 1. The minimum absolute atomic E-state index is 0.118. The monoisotopic (exact) mass is 233 g/mol. The van der Waals surface area contributed by atoms with E-state index in [1.165, 1.54) is 5.56 Å². The van der Waals surface area contributed by atoms with Crippen molar-refractivity contribution < 1.29 is 0 Å². The molecule has 3 heteroatoms. The van der Waals surface area contributed by atoms with Crippen LogP contribution in [0.3, 0.4) is 0 Å². The van der Waals surface area contributed by atoms with Crippen molar-refractivity contribution in [2.24, 2.45) is 0 Å². The largest absolute Gasteiger partial charge is 0.322 e. The normalized spacial score (nSPS) is 10.4. The highest BCUT2D eigenvalue weighted by atomic mass is 35.5. The van der Waals surface area contributed by atoms with Gasteiger partial charge in [0.05, 0.1) is 5.88 Å². The molecule has 1 N–H and O–H groups in total. The van der Waals surface area contributed by atoms with Gasteiger partial charge in [-0.3, -0.25) is 4.79 Å². The van der Waals surface area contributed by atoms with Gasteiger partial charge in [-0.05, 0) is 18.6 Å². The number of nitrogens with one attached hydrogen (secondary N) is 1. The van der Waals surface area contributed by atoms with Crippen LogP contribution in [0.2, 0.25) is 0 Å². The minimum Gasteiger partial charge on any atom is -0.322 e. The maximum Gasteiger partial charge on any atom is 0.252 e. The SMILES string of the molecule is Cc1ccc(-c2ccc(CCl)c(=O)[nH]2)cc1. The number of hydrogen-bond acceptors (Lipinski definition) is 1. The van der Waals surface area contributed by atoms with E-state index in [1.807, 2.05) is 37.3 Å². The van der Waals surface area contributed by atoms with Crippen molar-refractivity contribution in [1.82, 2.24) is 4.98 Å². The van der Waals surface area contributed by atoms with Crippen LogP contribution in [0.15, 0.2) is 41.2 Å². The Balaban J connectivity index is 2.45. The molecule has 1 aromatic heterocycles. The summed E-state index contributed by atoms with van der Waals surface area (Å²) < 4.78 is 0. The van der Waals surface area contributed by atoms with E-state index < -0.39 is 0 Å². The van der Waals surface area contributed by atoms with E-state index in [0.717, 1.165) is 11.3 Å². The number of aryl methyl sites for hydroxylation is 1. The molecule has 0 bridgehead atoms. The molecule has 0 fully saturated rings. The molecular formula is C13H12ClNO. The van der Waals surface area contributed by atoms with Gasteiger partial charge in [-0.15, -0.1) is 11.6 Å². The minimum atomic E-state index is -0.118. The zero-order valence-electron chi connectivity index (χ0n) is 8.96. The van der Waals surface area contributed by atoms with Crippen molar-refractivity contribution in [3.05, 3.63) is 57.9 Å². The summed E-state index contributed by atoms with van der Waals surface area (Å²) in [5, 5.41) is 0. The van der Waals surface area contributed by atoms with Gasteiger partial charge in [0.15, 0.2) is 0 Å². The van der Waals surface area contributed by atoms with Gasteiger partial charge in [-0.25, -0.2) is 0 Å². The highest BCUT2D eigenvalue weighted by molar-refractivity contribution is 6.17. The number of rotatable bonds is 2. The first kappa shape index (κ1) is 11.0. The van der Waals surface area contributed by atoms with Crippen LogP contribution in [0.1, 0.15) is 11.1 Å². The third kappa shape index (κ3) is 2.17. The third-order valence-corrected chi connectivity index (χ3v) is 2.79. The Hall–Kier alpha value is -1.54. The first-order valence-corrected chi connectivity index (χ1v) is 5.59. The Kier molecular flexibility index (Phi) is 3.11. The molecule has 1 aromatic carbocycles. The van der Waals surface area contributed by atoms with Crippen LogP contribution < -0.4 is 5.56 Å². The highest BCUT2D eigenvalue weighted by Crippen LogP contribution is 2.16. The number of halogens is 1. The van der Waals surface area contributed by atoms with Crippen molar-refractivity contribution in [2.75, 3.05) is 0 Å². The first-order chi connectivity index (χ1) is 7.70. The number of pyridine rings is 1. The molecule has 0 aliphatic rings. The van der Waals surface area contributed by atoms with Gasteiger partial charge in [0.25, 0.3) is 5.56 Å². The Morgan fingerprint density at radius 1 is 1.12 bits per heavy atom. The second kappa shape index (κ2) is 4.54. The van der Waals surface area contributed by atoms with E-state index in [4.69, 9.17) is 11.6 Å². The molecule has 2 aromatic rings. The molecule has 1 heterocycles. The summed E-state index contributed by atoms with van der Waals surface area (Å²) in [7, 11) is 0. The maximum atomic E-state index is 11.6. The molecular weight excluding hydrogens is 222 g/mol. The molecule has 0 saturated carbocycles. The zero-order chi connectivity index (χ0) is 11.5. The fourth-order valence-electron chi connectivity index (χ4n) is 1.51. The second-order valence-corrected chi connectivity index (χ2v) is 3.99. The maximum absolute atomic E-state index is 11.6. The summed E-state index contributed by atoms with van der Waals surface area (Å²) in [6.45, 7) is 2.03. The average molecular weight is 234 g/mol. The van der Waals surface area contributed by atoms with Crippen molar-refractivity contribution in [1.29, 1.82) is 0 Å². The Labute approximate surface area is 98.9 Å². The van der Waals surface area contributed by atoms with Gasteiger partial charge in [0, 0.05) is 11.3 Å². The lowest BCUT2D eigenvalue weighted by Crippen LogP contribution is -2.11. The van der Waals surface area contributed by atoms with Crippen LogP contribution in [-0.4, -0.2) is 4.98 Å². The van der Waals surface area contributed by atoms with Gasteiger partial charge in [0.1, 0.15) is 0 Å². The number of aromatic nitrogens is 1. The topological polar surface area (TPSA) is 32.9 Å². The molecule has 0 radical (unpaired) electrons. The van der Waals surface area contributed by atoms with E-state index in [1.54, 1.807) is 6.07 Å². The highest BCUT2D eigenvalue weighted by Gasteiger charge is 2.01. The lowest BCUT2D eigenvalue weighted by molar-refractivity contribution is 1.17. The second-order valence-electron chi connectivity index (χ2n) is 3.73. The van der Waals surface area contributed by atoms with Crippen LogP contribution in [-0.2, 0) is 5.88 Å². The lowest BCUT2D eigenvalue weighted by Gasteiger charge is -2.03. The molecule has 0 atom stereocenters. The smallest absolute Gasteiger partial charge is 0.252 e. The van der Waals surface area contributed by atoms with Crippen LogP contribution in [0.5, 0.6) is 0 Å². The fourth-order valence-corrected chi connectivity index (χ4v) is 1.72. The van der Waals surface area contributed by atoms with Crippen LogP contribution in [0.4, 0.5) is 0 Å². The predicted molar refractivity (Wildman–Crippen MR) is 66.8 cm³/mol. The van der Waals surface area contributed by atoms with Crippen LogP contribution in [0.25, 0.3) is 11.3 Å². The van der Waals surface area contributed by atoms with Gasteiger partial charge in [-0.1, -0.05) is 35.9 Å². The molecule has 0 unspecified atom stereocenters. The summed E-state index contributed by atoms with van der Waals surface area (Å²) in [4.78, 5) is 14.4. The molecule has 0 spiro atoms. The van der Waals surface area contributed by atoms with Crippen LogP contribution in [0, 0.1) is 6.92 Å². The van der Waals surface area contributed by atoms with E-state index in [2.05, 4.69) is 4.98 Å². The summed E-state index contributed by atoms with van der Waals surface area (Å²) in [6, 6.07) is 11.7. The zero-order valence-corrected chi connectivity index (χ0v) is 9.71. The third-order valence-electron chi connectivity index (χ3n) is 2.50. The van der Waals surface area contributed by atoms with E-state index in [-0.39, 0.29) is 11.4 Å². The molecule has 2 nitrogen and oxygen atoms in total. The fraction of sp³-hybridized carbons (Fsp3) is 0.154. The van der Waals surface area contributed by atoms with Gasteiger partial charge < -0.3 is 4.98 Å². The first-order valence-electron chi connectivity index (χ1n) is 5.06. The van der Waals surface area contributed by atoms with Crippen molar-refractivity contribution >= 4 is 11.6 Å². The molecule has 16 heavy (non-hydrogen) atoms. The quantitative estimate of drug-likeness (QED) is 0.795. The average Bonchev–Trinajstić information content (AvgIpc) is 2.30. The van der Waals surface area contributed by atoms with Gasteiger partial charge in [-0.2, -0.15) is 0 Å². The summed E-state index contributed by atoms with van der Waals surface area (Å²) in [5.74, 6) is 0.240. The molecule has 0 aliphatic heterocycles. The van der Waals surface area contributed by atoms with Crippen LogP contribution >= 0.6 is 11.6 Å². The van der Waals surface area contributed by atoms with Gasteiger partial charge >= 0.3 is 0 Å². The Bertz CT molecular complexity index is 543. The number of hydrogen-bond donors (Lipinski definition) is 1. The summed E-state index contributed by atoms with van der Waals surface area (Å²) >= 11 is 5.63. The Morgan fingerprint density at radius 3 is 2.38 bits per heavy atom. The Morgan fingerprint density at radius 2 is 1.81 bits per heavy atom. The van der Waals surface area contributed by atoms with E-state index in [9.17, 15) is 4.79 Å². The molecule has 0 saturated heterocycles. The number of benzene rings is 1. The number of aromatic amines is 1. The summed E-state index contributed by atoms with van der Waals surface area (Å²) in [6.07, 6.45) is 0. The van der Waals surface area contributed by atoms with E-state index in [0.29, 0.717) is 5.56 Å². The van der Waals surface area contributed by atoms with Crippen molar-refractivity contribution in [2.45, 2.75) is 12.8 Å². The molecule has 82 valence electrons.